The fourth-order valence-electron chi connectivity index (χ4n) is 8.22. The van der Waals surface area contributed by atoms with E-state index in [-0.39, 0.29) is 24.2 Å². The minimum atomic E-state index is -3.81. The Bertz CT molecular complexity index is 2030. The van der Waals surface area contributed by atoms with Crippen LogP contribution < -0.4 is 19.5 Å². The third-order valence-electron chi connectivity index (χ3n) is 11.7. The maximum Gasteiger partial charge on any atom is 0.259 e. The average Bonchev–Trinajstić information content (AvgIpc) is 4.06. The second-order valence-corrected chi connectivity index (χ2v) is 17.8. The zero-order valence-corrected chi connectivity index (χ0v) is 32.1. The van der Waals surface area contributed by atoms with Gasteiger partial charge in [0.2, 0.25) is 21.8 Å². The highest BCUT2D eigenvalue weighted by Gasteiger charge is 2.62. The number of fused-ring (bicyclic) bond motifs is 3. The van der Waals surface area contributed by atoms with Crippen LogP contribution in [0.4, 0.5) is 0 Å². The van der Waals surface area contributed by atoms with Crippen molar-refractivity contribution in [1.82, 2.24) is 24.9 Å². The fraction of sp³-hybridized carbons (Fsp3) is 0.575. The van der Waals surface area contributed by atoms with Crippen molar-refractivity contribution in [2.45, 2.75) is 108 Å². The van der Waals surface area contributed by atoms with Crippen molar-refractivity contribution in [2.24, 2.45) is 17.8 Å². The van der Waals surface area contributed by atoms with Gasteiger partial charge in [-0.05, 0) is 88.0 Å². The molecule has 53 heavy (non-hydrogen) atoms. The maximum absolute atomic E-state index is 14.3. The molecule has 1 aromatic carbocycles. The number of carbonyl (C=O) groups is 3. The first-order valence-corrected chi connectivity index (χ1v) is 20.6. The number of methoxy groups -OCH3 is 1. The molecule has 2 N–H and O–H groups in total. The van der Waals surface area contributed by atoms with Crippen LogP contribution in [0.1, 0.15) is 95.2 Å². The molecule has 3 saturated carbocycles. The zero-order chi connectivity index (χ0) is 37.7. The second-order valence-electron chi connectivity index (χ2n) is 15.8. The van der Waals surface area contributed by atoms with E-state index in [2.05, 4.69) is 23.9 Å². The first-order chi connectivity index (χ1) is 25.3. The van der Waals surface area contributed by atoms with Crippen molar-refractivity contribution in [2.75, 3.05) is 20.7 Å². The lowest BCUT2D eigenvalue weighted by molar-refractivity contribution is -0.140. The number of ether oxygens (including phenoxy) is 2. The third-order valence-corrected chi connectivity index (χ3v) is 13.5. The summed E-state index contributed by atoms with van der Waals surface area (Å²) in [4.78, 5) is 53.7. The van der Waals surface area contributed by atoms with Gasteiger partial charge in [-0.3, -0.25) is 24.1 Å². The number of sulfonamides is 1. The van der Waals surface area contributed by atoms with E-state index in [0.29, 0.717) is 67.1 Å². The average molecular weight is 746 g/mol. The van der Waals surface area contributed by atoms with E-state index in [1.54, 1.807) is 19.1 Å². The van der Waals surface area contributed by atoms with E-state index < -0.39 is 50.6 Å². The quantitative estimate of drug-likeness (QED) is 0.308. The number of aromatic nitrogens is 2. The Labute approximate surface area is 311 Å². The standard InChI is InChI=1S/C40H51N5O7S/c1-23(2)31-12-10-13-32(41-31)33-21-35(28-16-17-34(51-5)24(3)36(28)42-33)52-26-19-29-30(20-26)38(47)45(4)18-9-7-6-8-11-25-22-40(25,43-37(29)46)39(48)44-53(49,50)27-14-15-27/h10,12-13,16-17,21,23,25-27,29-30H,6-9,11,14-15,18-20,22H2,1-5H3,(H,43,46)(H,44,48)/t25-,26-,29-,30-,40-/m1/s1. The van der Waals surface area contributed by atoms with Crippen molar-refractivity contribution in [3.8, 4) is 22.9 Å². The molecule has 3 aliphatic carbocycles. The summed E-state index contributed by atoms with van der Waals surface area (Å²) in [7, 11) is -0.407. The van der Waals surface area contributed by atoms with Gasteiger partial charge < -0.3 is 19.7 Å². The Balaban J connectivity index is 1.21. The van der Waals surface area contributed by atoms with E-state index in [1.807, 2.05) is 43.3 Å². The number of benzene rings is 1. The number of aryl methyl sites for hydroxylation is 1. The second kappa shape index (κ2) is 14.5. The van der Waals surface area contributed by atoms with Crippen molar-refractivity contribution < 1.29 is 32.3 Å². The minimum absolute atomic E-state index is 0.133. The van der Waals surface area contributed by atoms with Crippen LogP contribution in [0.5, 0.6) is 11.5 Å². The zero-order valence-electron chi connectivity index (χ0n) is 31.3. The molecule has 0 unspecified atom stereocenters. The highest BCUT2D eigenvalue weighted by Crippen LogP contribution is 2.49. The minimum Gasteiger partial charge on any atom is -0.496 e. The van der Waals surface area contributed by atoms with Crippen molar-refractivity contribution in [1.29, 1.82) is 0 Å². The van der Waals surface area contributed by atoms with Gasteiger partial charge in [-0.25, -0.2) is 13.4 Å². The lowest BCUT2D eigenvalue weighted by Gasteiger charge is -2.27. The number of pyridine rings is 2. The molecule has 0 radical (unpaired) electrons. The highest BCUT2D eigenvalue weighted by atomic mass is 32.2. The summed E-state index contributed by atoms with van der Waals surface area (Å²) in [5.41, 5.74) is 2.50. The van der Waals surface area contributed by atoms with Gasteiger partial charge in [0, 0.05) is 36.3 Å². The van der Waals surface area contributed by atoms with Crippen LogP contribution in [0.15, 0.2) is 36.4 Å². The molecule has 5 atom stereocenters. The summed E-state index contributed by atoms with van der Waals surface area (Å²) in [6.07, 6.45) is 5.72. The molecule has 0 bridgehead atoms. The number of hydrogen-bond acceptors (Lipinski definition) is 9. The van der Waals surface area contributed by atoms with Gasteiger partial charge in [-0.1, -0.05) is 39.2 Å². The summed E-state index contributed by atoms with van der Waals surface area (Å²) < 4.78 is 40.4. The van der Waals surface area contributed by atoms with Crippen molar-refractivity contribution in [3.05, 3.63) is 47.7 Å². The fourth-order valence-corrected chi connectivity index (χ4v) is 9.59. The van der Waals surface area contributed by atoms with E-state index in [0.717, 1.165) is 42.3 Å². The molecule has 3 amide bonds. The number of amides is 3. The van der Waals surface area contributed by atoms with Crippen LogP contribution in [0.25, 0.3) is 22.3 Å². The molecule has 4 aliphatic rings. The summed E-state index contributed by atoms with van der Waals surface area (Å²) in [6.45, 7) is 6.72. The smallest absolute Gasteiger partial charge is 0.259 e. The van der Waals surface area contributed by atoms with Crippen LogP contribution in [0, 0.1) is 24.7 Å². The van der Waals surface area contributed by atoms with Crippen LogP contribution in [0.3, 0.4) is 0 Å². The molecule has 1 aliphatic heterocycles. The molecule has 4 fully saturated rings. The number of rotatable bonds is 8. The summed E-state index contributed by atoms with van der Waals surface area (Å²) in [5, 5.41) is 3.22. The monoisotopic (exact) mass is 745 g/mol. The molecule has 12 nitrogen and oxygen atoms in total. The highest BCUT2D eigenvalue weighted by molar-refractivity contribution is 7.91. The van der Waals surface area contributed by atoms with Gasteiger partial charge in [0.1, 0.15) is 23.1 Å². The maximum atomic E-state index is 14.3. The number of nitrogens with zero attached hydrogens (tertiary/aromatic N) is 3. The SMILES string of the molecule is COc1ccc2c(O[C@@H]3C[C@H]4C(=O)N[C@]5(C(=O)NS(=O)(=O)C6CC6)C[C@H]5CCCCCCN(C)C(=O)[C@@H]4C3)cc(-c3cccc(C(C)C)n3)nc2c1C. The Morgan fingerprint density at radius 1 is 0.981 bits per heavy atom. The largest absolute Gasteiger partial charge is 0.496 e. The number of carbonyl (C=O) groups excluding carboxylic acids is 3. The molecule has 3 heterocycles. The summed E-state index contributed by atoms with van der Waals surface area (Å²) in [6, 6.07) is 11.5. The lowest BCUT2D eigenvalue weighted by atomic mass is 9.92. The number of nitrogens with one attached hydrogen (secondary N) is 2. The van der Waals surface area contributed by atoms with Gasteiger partial charge in [0.05, 0.1) is 41.1 Å². The van der Waals surface area contributed by atoms with Crippen LogP contribution in [-0.4, -0.2) is 78.6 Å². The van der Waals surface area contributed by atoms with Crippen LogP contribution in [-0.2, 0) is 24.4 Å². The topological polar surface area (TPSA) is 157 Å². The molecular formula is C40H51N5O7S. The van der Waals surface area contributed by atoms with E-state index in [9.17, 15) is 22.8 Å². The van der Waals surface area contributed by atoms with Gasteiger partial charge in [0.25, 0.3) is 5.91 Å². The van der Waals surface area contributed by atoms with Gasteiger partial charge in [-0.15, -0.1) is 0 Å². The predicted molar refractivity (Wildman–Crippen MR) is 201 cm³/mol. The molecular weight excluding hydrogens is 695 g/mol. The van der Waals surface area contributed by atoms with E-state index in [1.165, 1.54) is 0 Å². The van der Waals surface area contributed by atoms with E-state index in [4.69, 9.17) is 19.4 Å². The molecule has 7 rings (SSSR count). The van der Waals surface area contributed by atoms with Crippen molar-refractivity contribution in [3.63, 3.8) is 0 Å². The molecule has 1 saturated heterocycles. The third kappa shape index (κ3) is 7.46. The molecule has 13 heteroatoms. The Morgan fingerprint density at radius 3 is 2.47 bits per heavy atom. The Kier molecular flexibility index (Phi) is 10.2. The van der Waals surface area contributed by atoms with Crippen molar-refractivity contribution >= 4 is 38.6 Å². The molecule has 3 aromatic rings. The molecule has 0 spiro atoms. The first-order valence-electron chi connectivity index (χ1n) is 19.1. The molecule has 284 valence electrons. The summed E-state index contributed by atoms with van der Waals surface area (Å²) >= 11 is 0. The Morgan fingerprint density at radius 2 is 1.74 bits per heavy atom. The summed E-state index contributed by atoms with van der Waals surface area (Å²) in [5.74, 6) is -1.37. The van der Waals surface area contributed by atoms with E-state index >= 15 is 0 Å². The van der Waals surface area contributed by atoms with Gasteiger partial charge in [-0.2, -0.15) is 0 Å². The van der Waals surface area contributed by atoms with Gasteiger partial charge in [0.15, 0.2) is 0 Å². The van der Waals surface area contributed by atoms with Crippen LogP contribution >= 0.6 is 0 Å². The molecule has 2 aromatic heterocycles. The van der Waals surface area contributed by atoms with Gasteiger partial charge >= 0.3 is 0 Å². The lowest BCUT2D eigenvalue weighted by Crippen LogP contribution is -2.54. The number of hydrogen-bond donors (Lipinski definition) is 2. The Hall–Kier alpha value is -4.26. The normalized spacial score (nSPS) is 26.7. The van der Waals surface area contributed by atoms with Crippen LogP contribution in [0.2, 0.25) is 0 Å². The predicted octanol–water partition coefficient (Wildman–Crippen LogP) is 5.42. The first kappa shape index (κ1) is 37.1.